The van der Waals surface area contributed by atoms with E-state index in [1.165, 1.54) is 0 Å². The van der Waals surface area contributed by atoms with Gasteiger partial charge in [0.2, 0.25) is 0 Å². The summed E-state index contributed by atoms with van der Waals surface area (Å²) in [6.45, 7) is 7.28. The number of carbonyl (C=O) groups excluding carboxylic acids is 1. The number of rotatable bonds is 5. The normalized spacial score (nSPS) is 22.8. The molecule has 21 heavy (non-hydrogen) atoms. The van der Waals surface area contributed by atoms with Gasteiger partial charge in [-0.25, -0.2) is 4.98 Å². The Hall–Kier alpha value is -1.62. The summed E-state index contributed by atoms with van der Waals surface area (Å²) in [7, 11) is 2.12. The summed E-state index contributed by atoms with van der Waals surface area (Å²) in [6.07, 6.45) is 3.79. The van der Waals surface area contributed by atoms with Crippen molar-refractivity contribution in [3.05, 3.63) is 24.0 Å². The highest BCUT2D eigenvalue weighted by Gasteiger charge is 2.25. The van der Waals surface area contributed by atoms with E-state index in [1.54, 1.807) is 12.3 Å². The molecule has 5 heteroatoms. The highest BCUT2D eigenvalue weighted by Crippen LogP contribution is 2.16. The topological polar surface area (TPSA) is 57.3 Å². The molecular weight excluding hydrogens is 264 g/mol. The molecule has 2 unspecified atom stereocenters. The molecule has 0 bridgehead atoms. The van der Waals surface area contributed by atoms with Gasteiger partial charge in [-0.05, 0) is 44.5 Å². The van der Waals surface area contributed by atoms with Gasteiger partial charge in [0, 0.05) is 19.1 Å². The van der Waals surface area contributed by atoms with E-state index in [9.17, 15) is 4.79 Å². The molecule has 0 radical (unpaired) electrons. The summed E-state index contributed by atoms with van der Waals surface area (Å²) < 4.78 is 0. The first-order chi connectivity index (χ1) is 10.1. The maximum Gasteiger partial charge on any atom is 0.270 e. The van der Waals surface area contributed by atoms with Crippen LogP contribution in [0.1, 0.15) is 37.2 Å². The van der Waals surface area contributed by atoms with Crippen LogP contribution < -0.4 is 10.6 Å². The minimum absolute atomic E-state index is 0.0709. The molecule has 1 fully saturated rings. The molecule has 2 rings (SSSR count). The summed E-state index contributed by atoms with van der Waals surface area (Å²) in [5.74, 6) is 0.400. The number of anilines is 1. The number of aromatic nitrogens is 1. The first-order valence-electron chi connectivity index (χ1n) is 7.79. The predicted molar refractivity (Wildman–Crippen MR) is 85.5 cm³/mol. The molecule has 1 aromatic rings. The number of piperidine rings is 1. The average molecular weight is 290 g/mol. The fraction of sp³-hybridized carbons (Fsp3) is 0.625. The summed E-state index contributed by atoms with van der Waals surface area (Å²) in [5.41, 5.74) is 1.45. The van der Waals surface area contributed by atoms with Crippen molar-refractivity contribution in [2.24, 2.45) is 5.92 Å². The monoisotopic (exact) mass is 290 g/mol. The van der Waals surface area contributed by atoms with Crippen molar-refractivity contribution in [3.8, 4) is 0 Å². The third-order valence-electron chi connectivity index (χ3n) is 4.00. The number of pyridine rings is 1. The van der Waals surface area contributed by atoms with Crippen LogP contribution in [0.2, 0.25) is 0 Å². The molecular formula is C16H26N4O. The SMILES string of the molecule is CCCNc1ccc(C(=O)NC2CCN(C)CC2C)nc1. The van der Waals surface area contributed by atoms with E-state index in [0.29, 0.717) is 11.6 Å². The third kappa shape index (κ3) is 4.43. The first kappa shape index (κ1) is 15.8. The van der Waals surface area contributed by atoms with E-state index in [0.717, 1.165) is 38.2 Å². The zero-order chi connectivity index (χ0) is 15.2. The third-order valence-corrected chi connectivity index (χ3v) is 4.00. The van der Waals surface area contributed by atoms with E-state index in [-0.39, 0.29) is 11.9 Å². The summed E-state index contributed by atoms with van der Waals surface area (Å²) in [4.78, 5) is 18.8. The van der Waals surface area contributed by atoms with Crippen LogP contribution >= 0.6 is 0 Å². The van der Waals surface area contributed by atoms with Crippen LogP contribution in [0, 0.1) is 5.92 Å². The van der Waals surface area contributed by atoms with E-state index in [4.69, 9.17) is 0 Å². The molecule has 2 heterocycles. The molecule has 0 aromatic carbocycles. The Morgan fingerprint density at radius 1 is 1.48 bits per heavy atom. The van der Waals surface area contributed by atoms with Gasteiger partial charge in [-0.2, -0.15) is 0 Å². The maximum atomic E-state index is 12.3. The van der Waals surface area contributed by atoms with Gasteiger partial charge < -0.3 is 15.5 Å². The quantitative estimate of drug-likeness (QED) is 0.870. The lowest BCUT2D eigenvalue weighted by molar-refractivity contribution is 0.0879. The Morgan fingerprint density at radius 3 is 2.90 bits per heavy atom. The van der Waals surface area contributed by atoms with Gasteiger partial charge in [0.1, 0.15) is 5.69 Å². The van der Waals surface area contributed by atoms with E-state index in [1.807, 2.05) is 6.07 Å². The second-order valence-corrected chi connectivity index (χ2v) is 5.97. The molecule has 1 aliphatic rings. The molecule has 2 N–H and O–H groups in total. The number of carbonyl (C=O) groups is 1. The summed E-state index contributed by atoms with van der Waals surface area (Å²) in [5, 5.41) is 6.37. The largest absolute Gasteiger partial charge is 0.384 e. The van der Waals surface area contributed by atoms with E-state index in [2.05, 4.69) is 41.4 Å². The number of hydrogen-bond donors (Lipinski definition) is 2. The standard InChI is InChI=1S/C16H26N4O/c1-4-8-17-13-5-6-15(18-10-13)16(21)19-14-7-9-20(3)11-12(14)2/h5-6,10,12,14,17H,4,7-9,11H2,1-3H3,(H,19,21). The van der Waals surface area contributed by atoms with E-state index < -0.39 is 0 Å². The predicted octanol–water partition coefficient (Wildman–Crippen LogP) is 1.97. The number of nitrogens with one attached hydrogen (secondary N) is 2. The molecule has 0 aliphatic carbocycles. The van der Waals surface area contributed by atoms with Crippen molar-refractivity contribution in [2.45, 2.75) is 32.7 Å². The Bertz CT molecular complexity index is 460. The number of likely N-dealkylation sites (tertiary alicyclic amines) is 1. The fourth-order valence-corrected chi connectivity index (χ4v) is 2.71. The minimum Gasteiger partial charge on any atom is -0.384 e. The van der Waals surface area contributed by atoms with Gasteiger partial charge in [-0.3, -0.25) is 4.79 Å². The molecule has 1 amide bonds. The van der Waals surface area contributed by atoms with Crippen LogP contribution in [0.5, 0.6) is 0 Å². The Morgan fingerprint density at radius 2 is 2.29 bits per heavy atom. The molecule has 0 saturated carbocycles. The van der Waals surface area contributed by atoms with Crippen LogP contribution in [-0.4, -0.2) is 48.5 Å². The lowest BCUT2D eigenvalue weighted by Gasteiger charge is -2.35. The second kappa shape index (κ2) is 7.41. The Kier molecular flexibility index (Phi) is 5.56. The molecule has 2 atom stereocenters. The van der Waals surface area contributed by atoms with Gasteiger partial charge in [-0.1, -0.05) is 13.8 Å². The van der Waals surface area contributed by atoms with Crippen LogP contribution in [0.15, 0.2) is 18.3 Å². The van der Waals surface area contributed by atoms with Crippen LogP contribution in [0.3, 0.4) is 0 Å². The molecule has 116 valence electrons. The number of hydrogen-bond acceptors (Lipinski definition) is 4. The van der Waals surface area contributed by atoms with Crippen molar-refractivity contribution < 1.29 is 4.79 Å². The molecule has 0 spiro atoms. The molecule has 5 nitrogen and oxygen atoms in total. The minimum atomic E-state index is -0.0709. The zero-order valence-electron chi connectivity index (χ0n) is 13.2. The summed E-state index contributed by atoms with van der Waals surface area (Å²) in [6, 6.07) is 3.94. The van der Waals surface area contributed by atoms with Gasteiger partial charge in [-0.15, -0.1) is 0 Å². The van der Waals surface area contributed by atoms with Crippen molar-refractivity contribution >= 4 is 11.6 Å². The lowest BCUT2D eigenvalue weighted by Crippen LogP contribution is -2.49. The summed E-state index contributed by atoms with van der Waals surface area (Å²) >= 11 is 0. The van der Waals surface area contributed by atoms with Gasteiger partial charge in [0.25, 0.3) is 5.91 Å². The van der Waals surface area contributed by atoms with Gasteiger partial charge in [0.15, 0.2) is 0 Å². The Balaban J connectivity index is 1.91. The highest BCUT2D eigenvalue weighted by molar-refractivity contribution is 5.92. The lowest BCUT2D eigenvalue weighted by atomic mass is 9.94. The molecule has 1 saturated heterocycles. The molecule has 1 aromatic heterocycles. The smallest absolute Gasteiger partial charge is 0.270 e. The van der Waals surface area contributed by atoms with Crippen molar-refractivity contribution in [3.63, 3.8) is 0 Å². The van der Waals surface area contributed by atoms with Gasteiger partial charge >= 0.3 is 0 Å². The number of amides is 1. The highest BCUT2D eigenvalue weighted by atomic mass is 16.1. The average Bonchev–Trinajstić information content (AvgIpc) is 2.48. The van der Waals surface area contributed by atoms with Gasteiger partial charge in [0.05, 0.1) is 11.9 Å². The van der Waals surface area contributed by atoms with Crippen molar-refractivity contribution in [2.75, 3.05) is 32.0 Å². The number of nitrogens with zero attached hydrogens (tertiary/aromatic N) is 2. The second-order valence-electron chi connectivity index (χ2n) is 5.97. The Labute approximate surface area is 127 Å². The van der Waals surface area contributed by atoms with Crippen LogP contribution in [0.25, 0.3) is 0 Å². The van der Waals surface area contributed by atoms with Crippen LogP contribution in [0.4, 0.5) is 5.69 Å². The van der Waals surface area contributed by atoms with Crippen molar-refractivity contribution in [1.29, 1.82) is 0 Å². The fourth-order valence-electron chi connectivity index (χ4n) is 2.71. The molecule has 1 aliphatic heterocycles. The van der Waals surface area contributed by atoms with Crippen LogP contribution in [-0.2, 0) is 0 Å². The van der Waals surface area contributed by atoms with Crippen molar-refractivity contribution in [1.82, 2.24) is 15.2 Å². The zero-order valence-corrected chi connectivity index (χ0v) is 13.2. The maximum absolute atomic E-state index is 12.3. The first-order valence-corrected chi connectivity index (χ1v) is 7.79. The van der Waals surface area contributed by atoms with E-state index >= 15 is 0 Å².